The fourth-order valence-corrected chi connectivity index (χ4v) is 1.93. The predicted octanol–water partition coefficient (Wildman–Crippen LogP) is 3.33. The summed E-state index contributed by atoms with van der Waals surface area (Å²) in [4.78, 5) is 14.9. The lowest BCUT2D eigenvalue weighted by molar-refractivity contribution is 0.0691. The molecule has 1 N–H and O–H groups in total. The Kier molecular flexibility index (Phi) is 2.52. The normalized spacial score (nSPS) is 10.8. The molecule has 0 aliphatic rings. The number of furan rings is 1. The monoisotopic (exact) mass is 257 g/mol. The van der Waals surface area contributed by atoms with Crippen molar-refractivity contribution in [2.45, 2.75) is 0 Å². The fraction of sp³-hybridized carbons (Fsp3) is 0. The zero-order chi connectivity index (χ0) is 13.4. The van der Waals surface area contributed by atoms with Gasteiger partial charge in [0.05, 0.1) is 5.56 Å². The first-order valence-electron chi connectivity index (χ1n) is 5.53. The summed E-state index contributed by atoms with van der Waals surface area (Å²) in [5, 5.41) is 9.66. The Bertz CT molecular complexity index is 779. The molecule has 0 amide bonds. The van der Waals surface area contributed by atoms with Gasteiger partial charge in [0.1, 0.15) is 5.76 Å². The Morgan fingerprint density at radius 2 is 2.11 bits per heavy atom. The van der Waals surface area contributed by atoms with Gasteiger partial charge in [-0.3, -0.25) is 0 Å². The van der Waals surface area contributed by atoms with Crippen molar-refractivity contribution < 1.29 is 18.7 Å². The molecule has 0 fully saturated rings. The van der Waals surface area contributed by atoms with Gasteiger partial charge in [-0.25, -0.2) is 14.2 Å². The van der Waals surface area contributed by atoms with Gasteiger partial charge in [0.2, 0.25) is 0 Å². The third-order valence-electron chi connectivity index (χ3n) is 2.77. The fourth-order valence-electron chi connectivity index (χ4n) is 1.93. The summed E-state index contributed by atoms with van der Waals surface area (Å²) < 4.78 is 18.9. The van der Waals surface area contributed by atoms with Crippen LogP contribution in [0.5, 0.6) is 0 Å². The molecule has 3 rings (SSSR count). The van der Waals surface area contributed by atoms with E-state index >= 15 is 0 Å². The van der Waals surface area contributed by atoms with Crippen LogP contribution in [0.1, 0.15) is 10.5 Å². The molecule has 0 aliphatic heterocycles. The van der Waals surface area contributed by atoms with Crippen molar-refractivity contribution in [3.05, 3.63) is 54.1 Å². The molecule has 0 unspecified atom stereocenters. The predicted molar refractivity (Wildman–Crippen MR) is 66.4 cm³/mol. The van der Waals surface area contributed by atoms with Gasteiger partial charge >= 0.3 is 5.97 Å². The van der Waals surface area contributed by atoms with Gasteiger partial charge in [-0.15, -0.1) is 0 Å². The number of aromatic carboxylic acids is 1. The van der Waals surface area contributed by atoms with Gasteiger partial charge in [0.15, 0.2) is 17.1 Å². The van der Waals surface area contributed by atoms with Crippen LogP contribution in [-0.2, 0) is 0 Å². The van der Waals surface area contributed by atoms with Gasteiger partial charge in [0.25, 0.3) is 0 Å². The molecule has 94 valence electrons. The number of nitrogens with zero attached hydrogens (tertiary/aromatic N) is 1. The molecule has 0 saturated carbocycles. The maximum Gasteiger partial charge on any atom is 0.355 e. The van der Waals surface area contributed by atoms with Gasteiger partial charge < -0.3 is 9.52 Å². The lowest BCUT2D eigenvalue weighted by Crippen LogP contribution is -2.01. The molecule has 2 heterocycles. The molecule has 1 aromatic carbocycles. The minimum Gasteiger partial charge on any atom is -0.476 e. The average Bonchev–Trinajstić information content (AvgIpc) is 2.84. The molecule has 0 aliphatic carbocycles. The number of rotatable bonds is 2. The largest absolute Gasteiger partial charge is 0.476 e. The van der Waals surface area contributed by atoms with Gasteiger partial charge in [-0.1, -0.05) is 12.1 Å². The number of carbonyl (C=O) groups is 1. The molecular weight excluding hydrogens is 249 g/mol. The van der Waals surface area contributed by atoms with Gasteiger partial charge in [0, 0.05) is 11.6 Å². The van der Waals surface area contributed by atoms with Crippen molar-refractivity contribution in [1.29, 1.82) is 0 Å². The van der Waals surface area contributed by atoms with Crippen LogP contribution in [0.15, 0.2) is 47.0 Å². The number of para-hydroxylation sites is 1. The van der Waals surface area contributed by atoms with E-state index in [0.717, 1.165) is 0 Å². The number of pyridine rings is 1. The highest BCUT2D eigenvalue weighted by atomic mass is 19.1. The van der Waals surface area contributed by atoms with E-state index in [1.807, 2.05) is 0 Å². The Hall–Kier alpha value is -2.69. The van der Waals surface area contributed by atoms with Crippen LogP contribution in [0.25, 0.3) is 22.3 Å². The summed E-state index contributed by atoms with van der Waals surface area (Å²) in [6.45, 7) is 0. The van der Waals surface area contributed by atoms with Crippen LogP contribution < -0.4 is 0 Å². The Morgan fingerprint density at radius 3 is 2.84 bits per heavy atom. The van der Waals surface area contributed by atoms with E-state index in [4.69, 9.17) is 9.52 Å². The number of fused-ring (bicyclic) bond motifs is 1. The summed E-state index contributed by atoms with van der Waals surface area (Å²) in [6, 6.07) is 9.33. The van der Waals surface area contributed by atoms with Crippen molar-refractivity contribution in [3.63, 3.8) is 0 Å². The SMILES string of the molecule is O=C(O)c1ncccc1-c1cc2cccc(F)c2o1. The van der Waals surface area contributed by atoms with Crippen molar-refractivity contribution in [2.75, 3.05) is 0 Å². The molecule has 19 heavy (non-hydrogen) atoms. The van der Waals surface area contributed by atoms with E-state index in [9.17, 15) is 9.18 Å². The lowest BCUT2D eigenvalue weighted by Gasteiger charge is -2.00. The zero-order valence-electron chi connectivity index (χ0n) is 9.63. The van der Waals surface area contributed by atoms with Crippen LogP contribution in [0, 0.1) is 5.82 Å². The minimum atomic E-state index is -1.16. The maximum atomic E-state index is 13.5. The molecule has 0 radical (unpaired) electrons. The van der Waals surface area contributed by atoms with Crippen molar-refractivity contribution in [3.8, 4) is 11.3 Å². The van der Waals surface area contributed by atoms with Gasteiger partial charge in [-0.2, -0.15) is 0 Å². The first-order valence-corrected chi connectivity index (χ1v) is 5.53. The number of halogens is 1. The van der Waals surface area contributed by atoms with Crippen LogP contribution in [0.3, 0.4) is 0 Å². The third kappa shape index (κ3) is 1.85. The third-order valence-corrected chi connectivity index (χ3v) is 2.77. The highest BCUT2D eigenvalue weighted by Gasteiger charge is 2.17. The molecule has 0 saturated heterocycles. The smallest absolute Gasteiger partial charge is 0.355 e. The molecule has 0 atom stereocenters. The van der Waals surface area contributed by atoms with Crippen LogP contribution in [0.2, 0.25) is 0 Å². The quantitative estimate of drug-likeness (QED) is 0.764. The number of hydrogen-bond acceptors (Lipinski definition) is 3. The molecular formula is C14H8FNO3. The molecule has 3 aromatic rings. The number of hydrogen-bond donors (Lipinski definition) is 1. The molecule has 4 nitrogen and oxygen atoms in total. The molecule has 0 spiro atoms. The summed E-state index contributed by atoms with van der Waals surface area (Å²) in [7, 11) is 0. The van der Waals surface area contributed by atoms with Crippen LogP contribution in [0.4, 0.5) is 4.39 Å². The second-order valence-electron chi connectivity index (χ2n) is 3.97. The van der Waals surface area contributed by atoms with Crippen molar-refractivity contribution >= 4 is 16.9 Å². The van der Waals surface area contributed by atoms with E-state index in [1.54, 1.807) is 30.3 Å². The first kappa shape index (κ1) is 11.4. The van der Waals surface area contributed by atoms with E-state index < -0.39 is 11.8 Å². The summed E-state index contributed by atoms with van der Waals surface area (Å²) >= 11 is 0. The van der Waals surface area contributed by atoms with Crippen molar-refractivity contribution in [2.24, 2.45) is 0 Å². The van der Waals surface area contributed by atoms with Gasteiger partial charge in [-0.05, 0) is 24.3 Å². The standard InChI is InChI=1S/C14H8FNO3/c15-10-5-1-3-8-7-11(19-13(8)10)9-4-2-6-16-12(9)14(17)18/h1-7H,(H,17,18). The van der Waals surface area contributed by atoms with E-state index in [0.29, 0.717) is 10.9 Å². The van der Waals surface area contributed by atoms with E-state index in [1.165, 1.54) is 12.3 Å². The number of carboxylic acids is 1. The second kappa shape index (κ2) is 4.20. The van der Waals surface area contributed by atoms with E-state index in [-0.39, 0.29) is 17.0 Å². The summed E-state index contributed by atoms with van der Waals surface area (Å²) in [5.41, 5.74) is 0.310. The zero-order valence-corrected chi connectivity index (χ0v) is 9.63. The summed E-state index contributed by atoms with van der Waals surface area (Å²) in [6.07, 6.45) is 1.39. The number of aromatic nitrogens is 1. The number of carboxylic acid groups (broad SMARTS) is 1. The van der Waals surface area contributed by atoms with E-state index in [2.05, 4.69) is 4.98 Å². The highest BCUT2D eigenvalue weighted by Crippen LogP contribution is 2.30. The second-order valence-corrected chi connectivity index (χ2v) is 3.97. The van der Waals surface area contributed by atoms with Crippen LogP contribution >= 0.6 is 0 Å². The summed E-state index contributed by atoms with van der Waals surface area (Å²) in [5.74, 6) is -1.35. The minimum absolute atomic E-state index is 0.109. The highest BCUT2D eigenvalue weighted by molar-refractivity contribution is 5.94. The molecule has 5 heteroatoms. The Balaban J connectivity index is 2.25. The first-order chi connectivity index (χ1) is 9.16. The molecule has 0 bridgehead atoms. The van der Waals surface area contributed by atoms with Crippen molar-refractivity contribution in [1.82, 2.24) is 4.98 Å². The maximum absolute atomic E-state index is 13.5. The Labute approximate surface area is 107 Å². The molecule has 2 aromatic heterocycles. The number of benzene rings is 1. The topological polar surface area (TPSA) is 63.3 Å². The van der Waals surface area contributed by atoms with Crippen LogP contribution in [-0.4, -0.2) is 16.1 Å². The Morgan fingerprint density at radius 1 is 1.26 bits per heavy atom. The lowest BCUT2D eigenvalue weighted by atomic mass is 10.1. The average molecular weight is 257 g/mol.